The van der Waals surface area contributed by atoms with E-state index < -0.39 is 60.8 Å². The van der Waals surface area contributed by atoms with Crippen molar-refractivity contribution in [2.24, 2.45) is 5.73 Å². The van der Waals surface area contributed by atoms with Crippen molar-refractivity contribution in [3.63, 3.8) is 0 Å². The summed E-state index contributed by atoms with van der Waals surface area (Å²) in [6.45, 7) is -0.235. The molecule has 0 spiro atoms. The fraction of sp³-hybridized carbons (Fsp3) is 0.529. The van der Waals surface area contributed by atoms with Gasteiger partial charge in [-0.2, -0.15) is 0 Å². The van der Waals surface area contributed by atoms with Crippen LogP contribution in [0.2, 0.25) is 0 Å². The Kier molecular flexibility index (Phi) is 7.86. The van der Waals surface area contributed by atoms with Gasteiger partial charge in [-0.1, -0.05) is 0 Å². The van der Waals surface area contributed by atoms with Crippen LogP contribution >= 0.6 is 0 Å². The molecule has 0 bridgehead atoms. The number of imidazole rings is 1. The maximum absolute atomic E-state index is 13.0. The Morgan fingerprint density at radius 3 is 2.53 bits per heavy atom. The van der Waals surface area contributed by atoms with Crippen molar-refractivity contribution in [1.29, 1.82) is 0 Å². The number of nitrogens with zero attached hydrogens (tertiary/aromatic N) is 2. The zero-order chi connectivity index (χ0) is 22.3. The Morgan fingerprint density at radius 2 is 1.97 bits per heavy atom. The molecule has 2 heterocycles. The second kappa shape index (κ2) is 10.3. The third-order valence-electron chi connectivity index (χ3n) is 4.63. The topological polar surface area (TPSA) is 208 Å². The second-order valence-corrected chi connectivity index (χ2v) is 6.79. The van der Waals surface area contributed by atoms with Gasteiger partial charge in [0.25, 0.3) is 0 Å². The van der Waals surface area contributed by atoms with Gasteiger partial charge in [-0.3, -0.25) is 19.2 Å². The van der Waals surface area contributed by atoms with Crippen LogP contribution in [-0.4, -0.2) is 86.0 Å². The summed E-state index contributed by atoms with van der Waals surface area (Å²) < 4.78 is 0. The molecule has 3 atom stereocenters. The number of carboxylic acids is 2. The molecule has 3 amide bonds. The number of carboxylic acid groups (broad SMARTS) is 2. The number of nitrogens with one attached hydrogen (secondary N) is 3. The molecule has 0 aliphatic carbocycles. The van der Waals surface area contributed by atoms with Crippen molar-refractivity contribution in [2.75, 3.05) is 13.1 Å². The van der Waals surface area contributed by atoms with E-state index in [2.05, 4.69) is 20.6 Å². The summed E-state index contributed by atoms with van der Waals surface area (Å²) in [6.07, 6.45) is 2.86. The smallest absolute Gasteiger partial charge is 0.326 e. The number of aromatic amines is 1. The molecule has 0 saturated carbocycles. The molecule has 0 aromatic carbocycles. The van der Waals surface area contributed by atoms with E-state index in [1.165, 1.54) is 17.4 Å². The lowest BCUT2D eigenvalue weighted by atomic mass is 10.1. The van der Waals surface area contributed by atoms with Crippen molar-refractivity contribution < 1.29 is 34.2 Å². The van der Waals surface area contributed by atoms with Gasteiger partial charge < -0.3 is 36.5 Å². The fourth-order valence-corrected chi connectivity index (χ4v) is 3.21. The normalized spacial score (nSPS) is 17.8. The summed E-state index contributed by atoms with van der Waals surface area (Å²) in [5.74, 6) is -4.75. The van der Waals surface area contributed by atoms with Gasteiger partial charge >= 0.3 is 11.9 Å². The minimum Gasteiger partial charge on any atom is -0.481 e. The van der Waals surface area contributed by atoms with Gasteiger partial charge in [0.2, 0.25) is 17.7 Å². The highest BCUT2D eigenvalue weighted by atomic mass is 16.4. The zero-order valence-corrected chi connectivity index (χ0v) is 16.0. The lowest BCUT2D eigenvalue weighted by Gasteiger charge is -2.28. The Labute approximate surface area is 171 Å². The molecule has 1 fully saturated rings. The molecular formula is C17H24N6O7. The van der Waals surface area contributed by atoms with E-state index in [4.69, 9.17) is 10.8 Å². The van der Waals surface area contributed by atoms with E-state index in [-0.39, 0.29) is 13.0 Å². The molecule has 1 aromatic heterocycles. The average molecular weight is 424 g/mol. The molecule has 2 rings (SSSR count). The summed E-state index contributed by atoms with van der Waals surface area (Å²) in [5, 5.41) is 23.0. The van der Waals surface area contributed by atoms with Gasteiger partial charge in [0, 0.05) is 24.9 Å². The summed E-state index contributed by atoms with van der Waals surface area (Å²) >= 11 is 0. The van der Waals surface area contributed by atoms with Crippen LogP contribution in [0.5, 0.6) is 0 Å². The van der Waals surface area contributed by atoms with E-state index in [0.29, 0.717) is 18.5 Å². The first-order valence-corrected chi connectivity index (χ1v) is 9.25. The predicted molar refractivity (Wildman–Crippen MR) is 99.8 cm³/mol. The predicted octanol–water partition coefficient (Wildman–Crippen LogP) is -2.57. The maximum atomic E-state index is 13.0. The Morgan fingerprint density at radius 1 is 1.23 bits per heavy atom. The van der Waals surface area contributed by atoms with Crippen LogP contribution < -0.4 is 16.4 Å². The first-order chi connectivity index (χ1) is 14.2. The summed E-state index contributed by atoms with van der Waals surface area (Å²) in [6, 6.07) is -3.65. The van der Waals surface area contributed by atoms with Crippen molar-refractivity contribution in [3.05, 3.63) is 18.2 Å². The minimum absolute atomic E-state index is 0.0297. The molecule has 3 unspecified atom stereocenters. The van der Waals surface area contributed by atoms with Crippen LogP contribution in [0.4, 0.5) is 0 Å². The summed E-state index contributed by atoms with van der Waals surface area (Å²) in [5.41, 5.74) is 5.70. The number of H-pyrrole nitrogens is 1. The molecule has 13 nitrogen and oxygen atoms in total. The van der Waals surface area contributed by atoms with Crippen molar-refractivity contribution in [3.8, 4) is 0 Å². The quantitative estimate of drug-likeness (QED) is 0.233. The lowest BCUT2D eigenvalue weighted by molar-refractivity contribution is -0.149. The monoisotopic (exact) mass is 424 g/mol. The molecule has 1 aliphatic heterocycles. The largest absolute Gasteiger partial charge is 0.481 e. The number of amides is 3. The van der Waals surface area contributed by atoms with Crippen molar-refractivity contribution in [2.45, 2.75) is 43.8 Å². The molecule has 164 valence electrons. The number of hydrogen-bond donors (Lipinski definition) is 6. The molecule has 7 N–H and O–H groups in total. The van der Waals surface area contributed by atoms with Gasteiger partial charge in [0.05, 0.1) is 19.3 Å². The van der Waals surface area contributed by atoms with E-state index in [1.807, 2.05) is 0 Å². The third kappa shape index (κ3) is 6.01. The van der Waals surface area contributed by atoms with Crippen LogP contribution in [0.25, 0.3) is 0 Å². The van der Waals surface area contributed by atoms with Crippen LogP contribution in [0.1, 0.15) is 25.0 Å². The van der Waals surface area contributed by atoms with Gasteiger partial charge in [-0.05, 0) is 12.8 Å². The number of aliphatic carboxylic acids is 2. The Balaban J connectivity index is 2.21. The number of carbonyl (C=O) groups is 5. The number of carbonyl (C=O) groups excluding carboxylic acids is 3. The Bertz CT molecular complexity index is 797. The molecule has 1 aliphatic rings. The van der Waals surface area contributed by atoms with Gasteiger partial charge in [-0.25, -0.2) is 9.78 Å². The van der Waals surface area contributed by atoms with E-state index in [1.54, 1.807) is 0 Å². The second-order valence-electron chi connectivity index (χ2n) is 6.79. The zero-order valence-electron chi connectivity index (χ0n) is 16.0. The summed E-state index contributed by atoms with van der Waals surface area (Å²) in [4.78, 5) is 67.6. The van der Waals surface area contributed by atoms with Crippen LogP contribution in [0.3, 0.4) is 0 Å². The van der Waals surface area contributed by atoms with Crippen LogP contribution in [0.15, 0.2) is 12.5 Å². The molecule has 13 heteroatoms. The number of rotatable bonds is 10. The highest BCUT2D eigenvalue weighted by molar-refractivity contribution is 5.95. The van der Waals surface area contributed by atoms with Crippen LogP contribution in [-0.2, 0) is 30.4 Å². The SMILES string of the molecule is NCC(=O)NC(CC(=O)O)C(=O)NC(Cc1cnc[nH]1)C(=O)N1CCCC1C(=O)O. The highest BCUT2D eigenvalue weighted by Crippen LogP contribution is 2.19. The lowest BCUT2D eigenvalue weighted by Crippen LogP contribution is -2.57. The number of hydrogen-bond acceptors (Lipinski definition) is 7. The van der Waals surface area contributed by atoms with Crippen molar-refractivity contribution >= 4 is 29.7 Å². The standard InChI is InChI=1S/C17H24N6O7/c18-6-13(24)21-10(5-14(25)26)15(27)22-11(4-9-7-19-8-20-9)16(28)23-3-1-2-12(23)17(29)30/h7-8,10-12H,1-6,18H2,(H,19,20)(H,21,24)(H,22,27)(H,25,26)(H,29,30). The molecule has 30 heavy (non-hydrogen) atoms. The number of likely N-dealkylation sites (tertiary alicyclic amines) is 1. The minimum atomic E-state index is -1.45. The first kappa shape index (κ1) is 22.8. The fourth-order valence-electron chi connectivity index (χ4n) is 3.21. The number of aromatic nitrogens is 2. The molecule has 1 saturated heterocycles. The number of nitrogens with two attached hydrogens (primary N) is 1. The van der Waals surface area contributed by atoms with Crippen LogP contribution in [0, 0.1) is 0 Å². The molecule has 1 aromatic rings. The molecule has 0 radical (unpaired) electrons. The van der Waals surface area contributed by atoms with E-state index in [0.717, 1.165) is 0 Å². The maximum Gasteiger partial charge on any atom is 0.326 e. The highest BCUT2D eigenvalue weighted by Gasteiger charge is 2.38. The van der Waals surface area contributed by atoms with Gasteiger partial charge in [-0.15, -0.1) is 0 Å². The average Bonchev–Trinajstić information content (AvgIpc) is 3.37. The van der Waals surface area contributed by atoms with Crippen molar-refractivity contribution in [1.82, 2.24) is 25.5 Å². The Hall–Kier alpha value is -3.48. The van der Waals surface area contributed by atoms with Gasteiger partial charge in [0.1, 0.15) is 18.1 Å². The third-order valence-corrected chi connectivity index (χ3v) is 4.63. The van der Waals surface area contributed by atoms with E-state index >= 15 is 0 Å². The molecular weight excluding hydrogens is 400 g/mol. The summed E-state index contributed by atoms with van der Waals surface area (Å²) in [7, 11) is 0. The first-order valence-electron chi connectivity index (χ1n) is 9.25. The van der Waals surface area contributed by atoms with Gasteiger partial charge in [0.15, 0.2) is 0 Å². The van der Waals surface area contributed by atoms with E-state index in [9.17, 15) is 29.1 Å².